The molecule has 0 N–H and O–H groups in total. The molecule has 0 aromatic rings. The summed E-state index contributed by atoms with van der Waals surface area (Å²) in [6, 6.07) is 0.884. The van der Waals surface area contributed by atoms with Gasteiger partial charge in [0.2, 0.25) is 0 Å². The molecule has 2 rings (SSSR count). The van der Waals surface area contributed by atoms with Gasteiger partial charge >= 0.3 is 0 Å². The molecule has 0 aromatic carbocycles. The summed E-state index contributed by atoms with van der Waals surface area (Å²) in [6.07, 6.45) is 5.60. The van der Waals surface area contributed by atoms with E-state index in [0.717, 1.165) is 6.04 Å². The van der Waals surface area contributed by atoms with Crippen LogP contribution in [0.3, 0.4) is 0 Å². The maximum Gasteiger partial charge on any atom is 0.0105 e. The van der Waals surface area contributed by atoms with E-state index in [4.69, 9.17) is 0 Å². The lowest BCUT2D eigenvalue weighted by Gasteiger charge is -2.40. The standard InChI is InChI=1S/C11H22N2/c1-2-11(13-8-4-9-13)5-10-12-6-3-7-12/h11H,2-10H2,1H3. The van der Waals surface area contributed by atoms with Gasteiger partial charge in [0.05, 0.1) is 0 Å². The van der Waals surface area contributed by atoms with Crippen LogP contribution in [0, 0.1) is 0 Å². The minimum atomic E-state index is 0.884. The number of likely N-dealkylation sites (tertiary alicyclic amines) is 2. The van der Waals surface area contributed by atoms with Crippen molar-refractivity contribution in [3.63, 3.8) is 0 Å². The van der Waals surface area contributed by atoms with Gasteiger partial charge in [0.15, 0.2) is 0 Å². The van der Waals surface area contributed by atoms with E-state index in [0.29, 0.717) is 0 Å². The molecular weight excluding hydrogens is 160 g/mol. The van der Waals surface area contributed by atoms with Gasteiger partial charge in [0, 0.05) is 6.04 Å². The first kappa shape index (κ1) is 9.47. The monoisotopic (exact) mass is 182 g/mol. The molecule has 0 bridgehead atoms. The second-order valence-corrected chi connectivity index (χ2v) is 4.44. The summed E-state index contributed by atoms with van der Waals surface area (Å²) in [5.41, 5.74) is 0. The molecule has 13 heavy (non-hydrogen) atoms. The lowest BCUT2D eigenvalue weighted by atomic mass is 10.0. The van der Waals surface area contributed by atoms with Gasteiger partial charge in [-0.1, -0.05) is 6.92 Å². The molecule has 2 saturated heterocycles. The van der Waals surface area contributed by atoms with Crippen LogP contribution in [0.1, 0.15) is 32.6 Å². The molecule has 76 valence electrons. The van der Waals surface area contributed by atoms with Crippen LogP contribution in [0.25, 0.3) is 0 Å². The highest BCUT2D eigenvalue weighted by molar-refractivity contribution is 4.79. The second kappa shape index (κ2) is 4.43. The molecule has 2 aliphatic heterocycles. The molecule has 2 heteroatoms. The summed E-state index contributed by atoms with van der Waals surface area (Å²) in [4.78, 5) is 5.24. The summed E-state index contributed by atoms with van der Waals surface area (Å²) < 4.78 is 0. The van der Waals surface area contributed by atoms with E-state index in [1.54, 1.807) is 0 Å². The van der Waals surface area contributed by atoms with Gasteiger partial charge in [-0.25, -0.2) is 0 Å². The first-order valence-corrected chi connectivity index (χ1v) is 5.86. The van der Waals surface area contributed by atoms with Crippen molar-refractivity contribution in [2.45, 2.75) is 38.6 Å². The zero-order valence-electron chi connectivity index (χ0n) is 8.84. The maximum absolute atomic E-state index is 2.65. The fraction of sp³-hybridized carbons (Fsp3) is 1.00. The Balaban J connectivity index is 1.64. The van der Waals surface area contributed by atoms with Gasteiger partial charge in [0.25, 0.3) is 0 Å². The van der Waals surface area contributed by atoms with E-state index in [-0.39, 0.29) is 0 Å². The zero-order chi connectivity index (χ0) is 9.10. The Morgan fingerprint density at radius 1 is 1.08 bits per heavy atom. The van der Waals surface area contributed by atoms with Crippen LogP contribution in [0.5, 0.6) is 0 Å². The molecule has 0 saturated carbocycles. The summed E-state index contributed by atoms with van der Waals surface area (Å²) >= 11 is 0. The van der Waals surface area contributed by atoms with E-state index >= 15 is 0 Å². The van der Waals surface area contributed by atoms with Gasteiger partial charge < -0.3 is 9.80 Å². The highest BCUT2D eigenvalue weighted by Gasteiger charge is 2.23. The Labute approximate surface area is 81.9 Å². The smallest absolute Gasteiger partial charge is 0.0105 e. The van der Waals surface area contributed by atoms with Crippen LogP contribution < -0.4 is 0 Å². The quantitative estimate of drug-likeness (QED) is 0.637. The van der Waals surface area contributed by atoms with E-state index in [1.807, 2.05) is 0 Å². The molecule has 0 aromatic heterocycles. The molecule has 2 fully saturated rings. The first-order valence-electron chi connectivity index (χ1n) is 5.86. The van der Waals surface area contributed by atoms with Crippen molar-refractivity contribution < 1.29 is 0 Å². The third-order valence-corrected chi connectivity index (χ3v) is 3.61. The van der Waals surface area contributed by atoms with Crippen LogP contribution in [-0.4, -0.2) is 48.6 Å². The van der Waals surface area contributed by atoms with Crippen molar-refractivity contribution in [2.24, 2.45) is 0 Å². The van der Waals surface area contributed by atoms with Crippen molar-refractivity contribution in [2.75, 3.05) is 32.7 Å². The van der Waals surface area contributed by atoms with E-state index in [9.17, 15) is 0 Å². The molecule has 0 amide bonds. The Bertz CT molecular complexity index is 150. The second-order valence-electron chi connectivity index (χ2n) is 4.44. The molecule has 2 nitrogen and oxygen atoms in total. The van der Waals surface area contributed by atoms with Crippen LogP contribution in [0.15, 0.2) is 0 Å². The van der Waals surface area contributed by atoms with Crippen molar-refractivity contribution in [3.05, 3.63) is 0 Å². The van der Waals surface area contributed by atoms with Crippen molar-refractivity contribution in [1.29, 1.82) is 0 Å². The molecule has 2 heterocycles. The van der Waals surface area contributed by atoms with Crippen molar-refractivity contribution in [1.82, 2.24) is 9.80 Å². The fourth-order valence-electron chi connectivity index (χ4n) is 2.29. The van der Waals surface area contributed by atoms with Crippen LogP contribution in [0.4, 0.5) is 0 Å². The topological polar surface area (TPSA) is 6.48 Å². The van der Waals surface area contributed by atoms with Gasteiger partial charge in [-0.15, -0.1) is 0 Å². The fourth-order valence-corrected chi connectivity index (χ4v) is 2.29. The molecule has 0 radical (unpaired) electrons. The highest BCUT2D eigenvalue weighted by Crippen LogP contribution is 2.18. The van der Waals surface area contributed by atoms with Gasteiger partial charge in [-0.2, -0.15) is 0 Å². The van der Waals surface area contributed by atoms with E-state index in [2.05, 4.69) is 16.7 Å². The lowest BCUT2D eigenvalue weighted by molar-refractivity contribution is 0.0876. The zero-order valence-corrected chi connectivity index (χ0v) is 8.84. The largest absolute Gasteiger partial charge is 0.303 e. The van der Waals surface area contributed by atoms with Crippen molar-refractivity contribution in [3.8, 4) is 0 Å². The lowest BCUT2D eigenvalue weighted by Crippen LogP contribution is -2.47. The normalized spacial score (nSPS) is 26.5. The molecule has 1 atom stereocenters. The Hall–Kier alpha value is -0.0800. The minimum absolute atomic E-state index is 0.884. The Morgan fingerprint density at radius 2 is 1.77 bits per heavy atom. The summed E-state index contributed by atoms with van der Waals surface area (Å²) in [7, 11) is 0. The SMILES string of the molecule is CCC(CCN1CCC1)N1CCC1. The summed E-state index contributed by atoms with van der Waals surface area (Å²) in [5.74, 6) is 0. The number of hydrogen-bond acceptors (Lipinski definition) is 2. The molecule has 0 aliphatic carbocycles. The number of rotatable bonds is 5. The van der Waals surface area contributed by atoms with Crippen LogP contribution in [0.2, 0.25) is 0 Å². The average molecular weight is 182 g/mol. The van der Waals surface area contributed by atoms with Crippen LogP contribution in [-0.2, 0) is 0 Å². The minimum Gasteiger partial charge on any atom is -0.303 e. The first-order chi connectivity index (χ1) is 6.40. The van der Waals surface area contributed by atoms with Gasteiger partial charge in [-0.05, 0) is 58.4 Å². The van der Waals surface area contributed by atoms with E-state index in [1.165, 1.54) is 58.4 Å². The predicted molar refractivity (Wildman–Crippen MR) is 55.9 cm³/mol. The highest BCUT2D eigenvalue weighted by atomic mass is 15.2. The van der Waals surface area contributed by atoms with Crippen LogP contribution >= 0.6 is 0 Å². The molecular formula is C11H22N2. The predicted octanol–water partition coefficient (Wildman–Crippen LogP) is 1.57. The summed E-state index contributed by atoms with van der Waals surface area (Å²) in [6.45, 7) is 9.11. The van der Waals surface area contributed by atoms with Gasteiger partial charge in [0.1, 0.15) is 0 Å². The Kier molecular flexibility index (Phi) is 3.23. The number of nitrogens with zero attached hydrogens (tertiary/aromatic N) is 2. The number of hydrogen-bond donors (Lipinski definition) is 0. The van der Waals surface area contributed by atoms with E-state index < -0.39 is 0 Å². The molecule has 2 aliphatic rings. The third-order valence-electron chi connectivity index (χ3n) is 3.61. The van der Waals surface area contributed by atoms with Gasteiger partial charge in [-0.3, -0.25) is 0 Å². The average Bonchev–Trinajstić information content (AvgIpc) is 1.96. The molecule has 0 spiro atoms. The maximum atomic E-state index is 2.65. The third kappa shape index (κ3) is 2.23. The Morgan fingerprint density at radius 3 is 2.15 bits per heavy atom. The molecule has 1 unspecified atom stereocenters. The summed E-state index contributed by atoms with van der Waals surface area (Å²) in [5, 5.41) is 0. The van der Waals surface area contributed by atoms with Crippen molar-refractivity contribution >= 4 is 0 Å².